The summed E-state index contributed by atoms with van der Waals surface area (Å²) in [7, 11) is 0. The number of carbonyl (C=O) groups excluding carboxylic acids is 1. The minimum absolute atomic E-state index is 0.119. The normalized spacial score (nSPS) is 12.3. The highest BCUT2D eigenvalue weighted by molar-refractivity contribution is 9.10. The molecule has 108 valence electrons. The fourth-order valence-electron chi connectivity index (χ4n) is 2.01. The van der Waals surface area contributed by atoms with E-state index in [-0.39, 0.29) is 19.2 Å². The smallest absolute Gasteiger partial charge is 0.231 e. The number of ether oxygens (including phenoxy) is 3. The maximum absolute atomic E-state index is 13.3. The maximum atomic E-state index is 13.3. The third-order valence-corrected chi connectivity index (χ3v) is 3.41. The summed E-state index contributed by atoms with van der Waals surface area (Å²) in [4.78, 5) is 11.1. The third kappa shape index (κ3) is 3.00. The molecule has 0 radical (unpaired) electrons. The van der Waals surface area contributed by atoms with Crippen LogP contribution in [0, 0.1) is 5.82 Å². The molecule has 6 heteroatoms. The fraction of sp³-hybridized carbons (Fsp3) is 0.133. The lowest BCUT2D eigenvalue weighted by atomic mass is 10.2. The van der Waals surface area contributed by atoms with Crippen LogP contribution >= 0.6 is 15.9 Å². The van der Waals surface area contributed by atoms with Crippen molar-refractivity contribution in [3.63, 3.8) is 0 Å². The van der Waals surface area contributed by atoms with Crippen molar-refractivity contribution in [2.24, 2.45) is 0 Å². The van der Waals surface area contributed by atoms with Gasteiger partial charge in [0.05, 0.1) is 5.56 Å². The number of carbonyl (C=O) groups is 1. The van der Waals surface area contributed by atoms with Crippen LogP contribution in [0.3, 0.4) is 0 Å². The second-order valence-corrected chi connectivity index (χ2v) is 5.34. The van der Waals surface area contributed by atoms with E-state index in [9.17, 15) is 9.18 Å². The summed E-state index contributed by atoms with van der Waals surface area (Å²) in [5.74, 6) is 1.05. The van der Waals surface area contributed by atoms with Crippen LogP contribution in [0.2, 0.25) is 0 Å². The van der Waals surface area contributed by atoms with E-state index >= 15 is 0 Å². The molecular formula is C15H10BrFO4. The number of halogens is 2. The molecule has 0 amide bonds. The Morgan fingerprint density at radius 2 is 1.95 bits per heavy atom. The van der Waals surface area contributed by atoms with Crippen LogP contribution in [0.5, 0.6) is 17.2 Å². The van der Waals surface area contributed by atoms with E-state index in [4.69, 9.17) is 14.2 Å². The molecule has 0 N–H and O–H groups in total. The lowest BCUT2D eigenvalue weighted by molar-refractivity contribution is 0.111. The van der Waals surface area contributed by atoms with Crippen molar-refractivity contribution in [1.29, 1.82) is 0 Å². The van der Waals surface area contributed by atoms with Gasteiger partial charge in [0, 0.05) is 10.5 Å². The van der Waals surface area contributed by atoms with E-state index in [2.05, 4.69) is 15.9 Å². The van der Waals surface area contributed by atoms with Crippen LogP contribution in [-0.4, -0.2) is 13.1 Å². The number of hydrogen-bond acceptors (Lipinski definition) is 4. The SMILES string of the molecule is O=Cc1cc2c(cc1OCc1cc(F)cc(Br)c1)OCO2. The van der Waals surface area contributed by atoms with Crippen molar-refractivity contribution in [1.82, 2.24) is 0 Å². The van der Waals surface area contributed by atoms with Crippen LogP contribution in [0.1, 0.15) is 15.9 Å². The third-order valence-electron chi connectivity index (χ3n) is 2.95. The highest BCUT2D eigenvalue weighted by Crippen LogP contribution is 2.37. The number of benzene rings is 2. The predicted octanol–water partition coefficient (Wildman–Crippen LogP) is 3.71. The summed E-state index contributed by atoms with van der Waals surface area (Å²) in [6.45, 7) is 0.255. The van der Waals surface area contributed by atoms with Crippen LogP contribution in [0.15, 0.2) is 34.8 Å². The summed E-state index contributed by atoms with van der Waals surface area (Å²) in [6, 6.07) is 7.64. The maximum Gasteiger partial charge on any atom is 0.231 e. The van der Waals surface area contributed by atoms with E-state index in [1.807, 2.05) is 0 Å². The second kappa shape index (κ2) is 5.73. The molecule has 0 spiro atoms. The van der Waals surface area contributed by atoms with E-state index < -0.39 is 0 Å². The van der Waals surface area contributed by atoms with E-state index in [1.54, 1.807) is 18.2 Å². The Kier molecular flexibility index (Phi) is 3.79. The zero-order valence-corrected chi connectivity index (χ0v) is 12.4. The van der Waals surface area contributed by atoms with Crippen molar-refractivity contribution in [2.75, 3.05) is 6.79 Å². The summed E-state index contributed by atoms with van der Waals surface area (Å²) in [6.07, 6.45) is 0.679. The molecule has 0 aliphatic carbocycles. The lowest BCUT2D eigenvalue weighted by Crippen LogP contribution is -1.99. The van der Waals surface area contributed by atoms with Gasteiger partial charge in [0.15, 0.2) is 17.8 Å². The summed E-state index contributed by atoms with van der Waals surface area (Å²) < 4.78 is 30.0. The molecule has 0 atom stereocenters. The molecule has 2 aromatic carbocycles. The summed E-state index contributed by atoms with van der Waals surface area (Å²) in [5, 5.41) is 0. The van der Waals surface area contributed by atoms with Gasteiger partial charge in [-0.2, -0.15) is 0 Å². The Morgan fingerprint density at radius 1 is 1.19 bits per heavy atom. The Hall–Kier alpha value is -2.08. The fourth-order valence-corrected chi connectivity index (χ4v) is 2.52. The molecule has 1 heterocycles. The van der Waals surface area contributed by atoms with Gasteiger partial charge in [0.25, 0.3) is 0 Å². The molecule has 21 heavy (non-hydrogen) atoms. The Morgan fingerprint density at radius 3 is 2.67 bits per heavy atom. The molecule has 0 aromatic heterocycles. The molecule has 1 aliphatic heterocycles. The van der Waals surface area contributed by atoms with Crippen LogP contribution in [0.25, 0.3) is 0 Å². The van der Waals surface area contributed by atoms with Gasteiger partial charge >= 0.3 is 0 Å². The summed E-state index contributed by atoms with van der Waals surface area (Å²) in [5.41, 5.74) is 1.01. The number of aldehydes is 1. The van der Waals surface area contributed by atoms with Crippen LogP contribution in [-0.2, 0) is 6.61 Å². The first-order valence-electron chi connectivity index (χ1n) is 6.12. The first-order valence-corrected chi connectivity index (χ1v) is 6.91. The summed E-state index contributed by atoms with van der Waals surface area (Å²) >= 11 is 3.22. The van der Waals surface area contributed by atoms with Gasteiger partial charge in [-0.15, -0.1) is 0 Å². The first kappa shape index (κ1) is 13.9. The quantitative estimate of drug-likeness (QED) is 0.787. The minimum Gasteiger partial charge on any atom is -0.488 e. The van der Waals surface area contributed by atoms with Gasteiger partial charge < -0.3 is 14.2 Å². The Balaban J connectivity index is 1.83. The van der Waals surface area contributed by atoms with Crippen molar-refractivity contribution >= 4 is 22.2 Å². The largest absolute Gasteiger partial charge is 0.488 e. The van der Waals surface area contributed by atoms with Gasteiger partial charge in [0.1, 0.15) is 18.2 Å². The predicted molar refractivity (Wildman–Crippen MR) is 76.4 cm³/mol. The molecule has 0 fully saturated rings. The Bertz CT molecular complexity index is 682. The average molecular weight is 353 g/mol. The lowest BCUT2D eigenvalue weighted by Gasteiger charge is -2.10. The molecule has 2 aromatic rings. The second-order valence-electron chi connectivity index (χ2n) is 4.43. The molecular weight excluding hydrogens is 343 g/mol. The molecule has 3 rings (SSSR count). The first-order chi connectivity index (χ1) is 10.2. The van der Waals surface area contributed by atoms with Gasteiger partial charge in [-0.3, -0.25) is 4.79 Å². The minimum atomic E-state index is -0.357. The number of fused-ring (bicyclic) bond motifs is 1. The molecule has 0 bridgehead atoms. The molecule has 1 aliphatic rings. The van der Waals surface area contributed by atoms with Gasteiger partial charge in [-0.05, 0) is 29.8 Å². The monoisotopic (exact) mass is 352 g/mol. The highest BCUT2D eigenvalue weighted by Gasteiger charge is 2.18. The zero-order valence-electron chi connectivity index (χ0n) is 10.8. The van der Waals surface area contributed by atoms with Gasteiger partial charge in [0.2, 0.25) is 6.79 Å². The number of hydrogen-bond donors (Lipinski definition) is 0. The Labute approximate surface area is 128 Å². The van der Waals surface area contributed by atoms with Gasteiger partial charge in [-0.25, -0.2) is 4.39 Å². The average Bonchev–Trinajstić information content (AvgIpc) is 2.90. The van der Waals surface area contributed by atoms with Crippen LogP contribution in [0.4, 0.5) is 4.39 Å². The highest BCUT2D eigenvalue weighted by atomic mass is 79.9. The molecule has 4 nitrogen and oxygen atoms in total. The van der Waals surface area contributed by atoms with Crippen LogP contribution < -0.4 is 14.2 Å². The van der Waals surface area contributed by atoms with Gasteiger partial charge in [-0.1, -0.05) is 15.9 Å². The van der Waals surface area contributed by atoms with Crippen molar-refractivity contribution < 1.29 is 23.4 Å². The van der Waals surface area contributed by atoms with Crippen molar-refractivity contribution in [3.8, 4) is 17.2 Å². The van der Waals surface area contributed by atoms with Crippen molar-refractivity contribution in [2.45, 2.75) is 6.61 Å². The number of rotatable bonds is 4. The van der Waals surface area contributed by atoms with E-state index in [0.29, 0.717) is 39.1 Å². The molecule has 0 unspecified atom stereocenters. The standard InChI is InChI=1S/C15H10BrFO4/c16-11-1-9(2-12(17)4-11)7-19-13-5-15-14(20-8-21-15)3-10(13)6-18/h1-6H,7-8H2. The molecule has 0 saturated heterocycles. The molecule has 0 saturated carbocycles. The van der Waals surface area contributed by atoms with E-state index in [1.165, 1.54) is 12.1 Å². The van der Waals surface area contributed by atoms with E-state index in [0.717, 1.165) is 0 Å². The van der Waals surface area contributed by atoms with Crippen molar-refractivity contribution in [3.05, 3.63) is 51.7 Å². The zero-order chi connectivity index (χ0) is 14.8. The topological polar surface area (TPSA) is 44.8 Å².